The highest BCUT2D eigenvalue weighted by Gasteiger charge is 2.04. The van der Waals surface area contributed by atoms with E-state index in [-0.39, 0.29) is 0 Å². The number of nitrogens with one attached hydrogen (secondary N) is 2. The molecule has 0 saturated carbocycles. The van der Waals surface area contributed by atoms with Gasteiger partial charge in [-0.25, -0.2) is 9.78 Å². The molecule has 6 nitrogen and oxygen atoms in total. The van der Waals surface area contributed by atoms with Crippen molar-refractivity contribution >= 4 is 28.6 Å². The van der Waals surface area contributed by atoms with Gasteiger partial charge >= 0.3 is 5.76 Å². The van der Waals surface area contributed by atoms with E-state index in [0.29, 0.717) is 16.8 Å². The van der Waals surface area contributed by atoms with Crippen LogP contribution in [0.15, 0.2) is 39.8 Å². The van der Waals surface area contributed by atoms with Crippen LogP contribution < -0.4 is 11.1 Å². The Bertz CT molecular complexity index is 762. The van der Waals surface area contributed by atoms with E-state index in [0.717, 1.165) is 16.1 Å². The number of rotatable bonds is 4. The zero-order valence-corrected chi connectivity index (χ0v) is 11.7. The van der Waals surface area contributed by atoms with E-state index in [1.807, 2.05) is 24.3 Å². The van der Waals surface area contributed by atoms with E-state index >= 15 is 0 Å². The van der Waals surface area contributed by atoms with Gasteiger partial charge in [-0.05, 0) is 24.3 Å². The maximum atomic E-state index is 10.9. The standard InChI is InChI=1S/C12H9ClN4O2S/c13-11-15-6-9(20-11)5-14-8-3-1-7(2-4-8)10-16-12(18)19-17-10/h1-4,6,14H,5H2,(H,16,17,18). The van der Waals surface area contributed by atoms with Crippen LogP contribution in [0.1, 0.15) is 4.88 Å². The molecule has 0 atom stereocenters. The summed E-state index contributed by atoms with van der Waals surface area (Å²) in [6.45, 7) is 0.657. The lowest BCUT2D eigenvalue weighted by molar-refractivity contribution is 0.388. The second-order valence-corrected chi connectivity index (χ2v) is 5.65. The smallest absolute Gasteiger partial charge is 0.380 e. The predicted molar refractivity (Wildman–Crippen MR) is 77.0 cm³/mol. The molecule has 2 N–H and O–H groups in total. The molecule has 3 aromatic rings. The van der Waals surface area contributed by atoms with Crippen LogP contribution in [0.5, 0.6) is 0 Å². The van der Waals surface area contributed by atoms with Crippen molar-refractivity contribution in [2.24, 2.45) is 0 Å². The fraction of sp³-hybridized carbons (Fsp3) is 0.0833. The van der Waals surface area contributed by atoms with Crippen LogP contribution in [0.25, 0.3) is 11.4 Å². The molecule has 0 unspecified atom stereocenters. The van der Waals surface area contributed by atoms with Crippen molar-refractivity contribution in [3.05, 3.63) is 50.4 Å². The molecule has 2 aromatic heterocycles. The number of anilines is 1. The minimum Gasteiger partial charge on any atom is -0.380 e. The third-order valence-corrected chi connectivity index (χ3v) is 3.71. The average Bonchev–Trinajstić information content (AvgIpc) is 3.06. The van der Waals surface area contributed by atoms with Gasteiger partial charge in [0.15, 0.2) is 10.3 Å². The second-order valence-electron chi connectivity index (χ2n) is 3.95. The van der Waals surface area contributed by atoms with Crippen molar-refractivity contribution in [2.45, 2.75) is 6.54 Å². The van der Waals surface area contributed by atoms with Gasteiger partial charge in [0.05, 0.1) is 6.54 Å². The molecule has 0 spiro atoms. The van der Waals surface area contributed by atoms with Gasteiger partial charge < -0.3 is 5.32 Å². The van der Waals surface area contributed by atoms with Gasteiger partial charge in [0, 0.05) is 22.3 Å². The molecular weight excluding hydrogens is 300 g/mol. The lowest BCUT2D eigenvalue weighted by Gasteiger charge is -2.04. The quantitative estimate of drug-likeness (QED) is 0.774. The van der Waals surface area contributed by atoms with Crippen molar-refractivity contribution in [3.63, 3.8) is 0 Å². The first-order chi connectivity index (χ1) is 9.70. The molecule has 0 aliphatic rings. The average molecular weight is 309 g/mol. The highest BCUT2D eigenvalue weighted by Crippen LogP contribution is 2.20. The number of nitrogens with zero attached hydrogens (tertiary/aromatic N) is 2. The van der Waals surface area contributed by atoms with Crippen molar-refractivity contribution in [1.29, 1.82) is 0 Å². The van der Waals surface area contributed by atoms with Crippen LogP contribution >= 0.6 is 22.9 Å². The monoisotopic (exact) mass is 308 g/mol. The SMILES string of the molecule is O=c1[nH]c(-c2ccc(NCc3cnc(Cl)s3)cc2)no1. The molecule has 20 heavy (non-hydrogen) atoms. The van der Waals surface area contributed by atoms with E-state index in [9.17, 15) is 4.79 Å². The van der Waals surface area contributed by atoms with Crippen LogP contribution in [-0.4, -0.2) is 15.1 Å². The number of aromatic nitrogens is 3. The largest absolute Gasteiger partial charge is 0.439 e. The summed E-state index contributed by atoms with van der Waals surface area (Å²) in [4.78, 5) is 18.4. The summed E-state index contributed by atoms with van der Waals surface area (Å²) >= 11 is 7.21. The number of aromatic amines is 1. The molecule has 1 aromatic carbocycles. The zero-order valence-electron chi connectivity index (χ0n) is 10.1. The van der Waals surface area contributed by atoms with Gasteiger partial charge in [0.25, 0.3) is 0 Å². The normalized spacial score (nSPS) is 10.7. The van der Waals surface area contributed by atoms with Crippen LogP contribution in [0.3, 0.4) is 0 Å². The fourth-order valence-corrected chi connectivity index (χ4v) is 2.57. The molecular formula is C12H9ClN4O2S. The topological polar surface area (TPSA) is 83.8 Å². The Morgan fingerprint density at radius 1 is 1.35 bits per heavy atom. The van der Waals surface area contributed by atoms with Gasteiger partial charge in [-0.3, -0.25) is 9.51 Å². The summed E-state index contributed by atoms with van der Waals surface area (Å²) in [5.74, 6) is -0.153. The van der Waals surface area contributed by atoms with Crippen LogP contribution in [0, 0.1) is 0 Å². The van der Waals surface area contributed by atoms with Crippen LogP contribution in [0.2, 0.25) is 4.47 Å². The molecule has 0 aliphatic heterocycles. The second kappa shape index (κ2) is 5.48. The minimum atomic E-state index is -0.565. The number of hydrogen-bond donors (Lipinski definition) is 2. The molecule has 0 aliphatic carbocycles. The zero-order chi connectivity index (χ0) is 13.9. The van der Waals surface area contributed by atoms with Gasteiger partial charge in [-0.15, -0.1) is 11.3 Å². The molecule has 0 radical (unpaired) electrons. The van der Waals surface area contributed by atoms with Gasteiger partial charge in [-0.2, -0.15) is 0 Å². The maximum absolute atomic E-state index is 10.9. The predicted octanol–water partition coefficient (Wildman–Crippen LogP) is 2.75. The highest BCUT2D eigenvalue weighted by atomic mass is 35.5. The van der Waals surface area contributed by atoms with Gasteiger partial charge in [0.2, 0.25) is 0 Å². The Labute approximate surface area is 122 Å². The minimum absolute atomic E-state index is 0.413. The lowest BCUT2D eigenvalue weighted by atomic mass is 10.2. The Hall–Kier alpha value is -2.12. The summed E-state index contributed by atoms with van der Waals surface area (Å²) in [5.41, 5.74) is 1.73. The van der Waals surface area contributed by atoms with E-state index in [1.165, 1.54) is 11.3 Å². The highest BCUT2D eigenvalue weighted by molar-refractivity contribution is 7.15. The van der Waals surface area contributed by atoms with E-state index in [4.69, 9.17) is 11.6 Å². The summed E-state index contributed by atoms with van der Waals surface area (Å²) in [5, 5.41) is 6.88. The number of H-pyrrole nitrogens is 1. The summed E-state index contributed by atoms with van der Waals surface area (Å²) in [7, 11) is 0. The van der Waals surface area contributed by atoms with Crippen molar-refractivity contribution < 1.29 is 4.52 Å². The van der Waals surface area contributed by atoms with Crippen molar-refractivity contribution in [2.75, 3.05) is 5.32 Å². The van der Waals surface area contributed by atoms with Gasteiger partial charge in [0.1, 0.15) is 0 Å². The van der Waals surface area contributed by atoms with Gasteiger partial charge in [-0.1, -0.05) is 16.8 Å². The first-order valence-electron chi connectivity index (χ1n) is 5.71. The Morgan fingerprint density at radius 2 is 2.15 bits per heavy atom. The molecule has 0 amide bonds. The Morgan fingerprint density at radius 3 is 2.75 bits per heavy atom. The summed E-state index contributed by atoms with van der Waals surface area (Å²) in [6.07, 6.45) is 1.74. The molecule has 2 heterocycles. The molecule has 0 fully saturated rings. The number of hydrogen-bond acceptors (Lipinski definition) is 6. The fourth-order valence-electron chi connectivity index (χ4n) is 1.65. The third-order valence-electron chi connectivity index (χ3n) is 2.59. The maximum Gasteiger partial charge on any atom is 0.439 e. The first-order valence-corrected chi connectivity index (χ1v) is 6.91. The van der Waals surface area contributed by atoms with Crippen LogP contribution in [0.4, 0.5) is 5.69 Å². The van der Waals surface area contributed by atoms with Crippen molar-refractivity contribution in [3.8, 4) is 11.4 Å². The number of halogens is 1. The van der Waals surface area contributed by atoms with Crippen molar-refractivity contribution in [1.82, 2.24) is 15.1 Å². The molecule has 3 rings (SSSR count). The molecule has 8 heteroatoms. The summed E-state index contributed by atoms with van der Waals surface area (Å²) in [6, 6.07) is 7.47. The number of thiazole rings is 1. The third kappa shape index (κ3) is 2.89. The molecule has 102 valence electrons. The Kier molecular flexibility index (Phi) is 3.53. The van der Waals surface area contributed by atoms with E-state index < -0.39 is 5.76 Å². The molecule has 0 bridgehead atoms. The Balaban J connectivity index is 1.68. The van der Waals surface area contributed by atoms with E-state index in [1.54, 1.807) is 6.20 Å². The van der Waals surface area contributed by atoms with E-state index in [2.05, 4.69) is 25.0 Å². The summed E-state index contributed by atoms with van der Waals surface area (Å²) < 4.78 is 5.00. The van der Waals surface area contributed by atoms with Crippen LogP contribution in [-0.2, 0) is 6.54 Å². The lowest BCUT2D eigenvalue weighted by Crippen LogP contribution is -1.97. The first kappa shape index (κ1) is 12.9. The number of benzene rings is 1. The molecule has 0 saturated heterocycles.